The Balaban J connectivity index is 1.84. The first kappa shape index (κ1) is 18.3. The zero-order chi connectivity index (χ0) is 17.4. The van der Waals surface area contributed by atoms with Crippen molar-refractivity contribution in [1.82, 2.24) is 0 Å². The van der Waals surface area contributed by atoms with Crippen LogP contribution in [-0.4, -0.2) is 10.2 Å². The first-order valence-electron chi connectivity index (χ1n) is 8.88. The number of aromatic hydroxyl groups is 2. The van der Waals surface area contributed by atoms with Gasteiger partial charge >= 0.3 is 0 Å². The molecule has 0 aliphatic rings. The highest BCUT2D eigenvalue weighted by molar-refractivity contribution is 5.38. The lowest BCUT2D eigenvalue weighted by Gasteiger charge is -2.07. The lowest BCUT2D eigenvalue weighted by molar-refractivity contribution is 0.388. The molecule has 0 saturated carbocycles. The minimum Gasteiger partial charge on any atom is -0.505 e. The van der Waals surface area contributed by atoms with Crippen LogP contribution in [-0.2, 0) is 19.3 Å². The average Bonchev–Trinajstić information content (AvgIpc) is 2.57. The van der Waals surface area contributed by atoms with Crippen LogP contribution < -0.4 is 0 Å². The largest absolute Gasteiger partial charge is 0.505 e. The molecule has 0 atom stereocenters. The number of phenols is 2. The summed E-state index contributed by atoms with van der Waals surface area (Å²) < 4.78 is 13.2. The van der Waals surface area contributed by atoms with E-state index >= 15 is 0 Å². The lowest BCUT2D eigenvalue weighted by atomic mass is 10.00. The summed E-state index contributed by atoms with van der Waals surface area (Å²) in [6, 6.07) is 11.5. The van der Waals surface area contributed by atoms with E-state index in [0.29, 0.717) is 6.42 Å². The van der Waals surface area contributed by atoms with Crippen LogP contribution in [0.15, 0.2) is 36.4 Å². The molecule has 0 amide bonds. The summed E-state index contributed by atoms with van der Waals surface area (Å²) in [5.41, 5.74) is 3.45. The van der Waals surface area contributed by atoms with E-state index in [1.807, 2.05) is 0 Å². The van der Waals surface area contributed by atoms with Gasteiger partial charge in [-0.05, 0) is 60.9 Å². The average molecular weight is 330 g/mol. The third-order valence-corrected chi connectivity index (χ3v) is 4.34. The second-order valence-electron chi connectivity index (χ2n) is 6.43. The van der Waals surface area contributed by atoms with Crippen molar-refractivity contribution < 1.29 is 14.6 Å². The molecule has 130 valence electrons. The molecule has 24 heavy (non-hydrogen) atoms. The monoisotopic (exact) mass is 330 g/mol. The van der Waals surface area contributed by atoms with Gasteiger partial charge < -0.3 is 10.2 Å². The van der Waals surface area contributed by atoms with Crippen molar-refractivity contribution in [1.29, 1.82) is 0 Å². The van der Waals surface area contributed by atoms with Gasteiger partial charge in [0.25, 0.3) is 0 Å². The number of aryl methyl sites for hydroxylation is 3. The van der Waals surface area contributed by atoms with Crippen molar-refractivity contribution in [3.63, 3.8) is 0 Å². The highest BCUT2D eigenvalue weighted by atomic mass is 19.1. The molecule has 0 aliphatic heterocycles. The predicted molar refractivity (Wildman–Crippen MR) is 96.0 cm³/mol. The summed E-state index contributed by atoms with van der Waals surface area (Å²) in [4.78, 5) is 0. The lowest BCUT2D eigenvalue weighted by Crippen LogP contribution is -1.93. The van der Waals surface area contributed by atoms with E-state index in [-0.39, 0.29) is 0 Å². The zero-order valence-corrected chi connectivity index (χ0v) is 14.4. The van der Waals surface area contributed by atoms with Crippen LogP contribution in [0.3, 0.4) is 0 Å². The van der Waals surface area contributed by atoms with Crippen LogP contribution in [0, 0.1) is 5.82 Å². The van der Waals surface area contributed by atoms with E-state index in [0.717, 1.165) is 24.8 Å². The molecule has 0 spiro atoms. The van der Waals surface area contributed by atoms with Gasteiger partial charge in [0.05, 0.1) is 0 Å². The maximum atomic E-state index is 13.2. The van der Waals surface area contributed by atoms with E-state index in [4.69, 9.17) is 0 Å². The van der Waals surface area contributed by atoms with Gasteiger partial charge in [-0.25, -0.2) is 0 Å². The molecule has 0 radical (unpaired) electrons. The Labute approximate surface area is 144 Å². The van der Waals surface area contributed by atoms with Crippen LogP contribution in [0.1, 0.15) is 55.7 Å². The molecular formula is C21H27FO2. The van der Waals surface area contributed by atoms with E-state index in [1.165, 1.54) is 48.9 Å². The Bertz CT molecular complexity index is 629. The fourth-order valence-electron chi connectivity index (χ4n) is 2.99. The van der Waals surface area contributed by atoms with Crippen LogP contribution in [0.2, 0.25) is 0 Å². The van der Waals surface area contributed by atoms with Crippen LogP contribution in [0.25, 0.3) is 0 Å². The second-order valence-corrected chi connectivity index (χ2v) is 6.43. The molecule has 0 fully saturated rings. The number of phenolic OH excluding ortho intramolecular Hbond substituents is 2. The Hall–Kier alpha value is -2.03. The minimum atomic E-state index is -0.950. The van der Waals surface area contributed by atoms with Crippen LogP contribution in [0.5, 0.6) is 11.5 Å². The van der Waals surface area contributed by atoms with Gasteiger partial charge in [-0.15, -0.1) is 0 Å². The van der Waals surface area contributed by atoms with Gasteiger partial charge in [0.2, 0.25) is 5.82 Å². The van der Waals surface area contributed by atoms with Gasteiger partial charge in [0, 0.05) is 0 Å². The number of unbranched alkanes of at least 4 members (excludes halogenated alkanes) is 3. The smallest absolute Gasteiger partial charge is 0.206 e. The Kier molecular flexibility index (Phi) is 7.10. The van der Waals surface area contributed by atoms with E-state index in [9.17, 15) is 14.6 Å². The molecule has 2 aromatic rings. The fourth-order valence-corrected chi connectivity index (χ4v) is 2.99. The summed E-state index contributed by atoms with van der Waals surface area (Å²) in [6.45, 7) is 2.22. The SMILES string of the molecule is CCCCCCc1cccc(CCCc2cc(O)c(F)c(O)c2)c1. The fraction of sp³-hybridized carbons (Fsp3) is 0.429. The normalized spacial score (nSPS) is 10.9. The quantitative estimate of drug-likeness (QED) is 0.593. The predicted octanol–water partition coefficient (Wildman–Crippen LogP) is 5.54. The number of rotatable bonds is 9. The van der Waals surface area contributed by atoms with E-state index < -0.39 is 17.3 Å². The summed E-state index contributed by atoms with van der Waals surface area (Å²) in [6.07, 6.45) is 8.75. The van der Waals surface area contributed by atoms with Crippen molar-refractivity contribution >= 4 is 0 Å². The van der Waals surface area contributed by atoms with Crippen molar-refractivity contribution in [3.8, 4) is 11.5 Å². The molecule has 2 rings (SSSR count). The molecule has 0 heterocycles. The number of hydrogen-bond acceptors (Lipinski definition) is 2. The summed E-state index contributed by atoms with van der Waals surface area (Å²) in [5.74, 6) is -1.92. The summed E-state index contributed by atoms with van der Waals surface area (Å²) >= 11 is 0. The first-order chi connectivity index (χ1) is 11.6. The van der Waals surface area contributed by atoms with Crippen molar-refractivity contribution in [3.05, 3.63) is 58.9 Å². The topological polar surface area (TPSA) is 40.5 Å². The van der Waals surface area contributed by atoms with Crippen LogP contribution in [0.4, 0.5) is 4.39 Å². The summed E-state index contributed by atoms with van der Waals surface area (Å²) in [7, 11) is 0. The van der Waals surface area contributed by atoms with Crippen molar-refractivity contribution in [2.24, 2.45) is 0 Å². The number of halogens is 1. The van der Waals surface area contributed by atoms with Crippen molar-refractivity contribution in [2.75, 3.05) is 0 Å². The molecule has 2 nitrogen and oxygen atoms in total. The minimum absolute atomic E-state index is 0.487. The second kappa shape index (κ2) is 9.31. The van der Waals surface area contributed by atoms with Gasteiger partial charge in [-0.3, -0.25) is 0 Å². The van der Waals surface area contributed by atoms with Crippen molar-refractivity contribution in [2.45, 2.75) is 58.3 Å². The molecular weight excluding hydrogens is 303 g/mol. The maximum Gasteiger partial charge on any atom is 0.206 e. The van der Waals surface area contributed by atoms with Crippen LogP contribution >= 0.6 is 0 Å². The number of hydrogen-bond donors (Lipinski definition) is 2. The molecule has 0 saturated heterocycles. The molecule has 2 N–H and O–H groups in total. The molecule has 0 aliphatic carbocycles. The molecule has 0 unspecified atom stereocenters. The van der Waals surface area contributed by atoms with Gasteiger partial charge in [-0.1, -0.05) is 50.5 Å². The Morgan fingerprint density at radius 1 is 0.750 bits per heavy atom. The molecule has 3 heteroatoms. The Morgan fingerprint density at radius 2 is 1.33 bits per heavy atom. The number of benzene rings is 2. The van der Waals surface area contributed by atoms with E-state index in [1.54, 1.807) is 0 Å². The first-order valence-corrected chi connectivity index (χ1v) is 8.88. The molecule has 0 bridgehead atoms. The van der Waals surface area contributed by atoms with Gasteiger partial charge in [0.1, 0.15) is 0 Å². The van der Waals surface area contributed by atoms with Gasteiger partial charge in [0.15, 0.2) is 11.5 Å². The third kappa shape index (κ3) is 5.55. The Morgan fingerprint density at radius 3 is 1.96 bits per heavy atom. The molecule has 2 aromatic carbocycles. The highest BCUT2D eigenvalue weighted by Crippen LogP contribution is 2.27. The molecule has 0 aromatic heterocycles. The third-order valence-electron chi connectivity index (χ3n) is 4.34. The van der Waals surface area contributed by atoms with E-state index in [2.05, 4.69) is 31.2 Å². The maximum absolute atomic E-state index is 13.2. The summed E-state index contributed by atoms with van der Waals surface area (Å²) in [5, 5.41) is 18.8. The standard InChI is InChI=1S/C21H27FO2/c1-2-3-4-5-8-16-9-6-10-17(13-16)11-7-12-18-14-19(23)21(22)20(24)15-18/h6,9-10,13-15,23-24H,2-5,7-8,11-12H2,1H3. The van der Waals surface area contributed by atoms with Gasteiger partial charge in [-0.2, -0.15) is 4.39 Å². The highest BCUT2D eigenvalue weighted by Gasteiger charge is 2.08. The zero-order valence-electron chi connectivity index (χ0n) is 14.4.